The Bertz CT molecular complexity index is 937. The van der Waals surface area contributed by atoms with Crippen LogP contribution in [-0.2, 0) is 22.5 Å². The van der Waals surface area contributed by atoms with Gasteiger partial charge in [0, 0.05) is 29.2 Å². The van der Waals surface area contributed by atoms with Crippen molar-refractivity contribution in [2.75, 3.05) is 18.2 Å². The lowest BCUT2D eigenvalue weighted by atomic mass is 10.1. The number of carbonyl (C=O) groups is 2. The normalized spacial score (nSPS) is 15.7. The highest BCUT2D eigenvalue weighted by molar-refractivity contribution is 7.99. The number of nitrogens with one attached hydrogen (secondary N) is 1. The van der Waals surface area contributed by atoms with Crippen molar-refractivity contribution >= 4 is 29.3 Å². The van der Waals surface area contributed by atoms with Crippen LogP contribution in [0.15, 0.2) is 34.2 Å². The van der Waals surface area contributed by atoms with Crippen LogP contribution in [0.3, 0.4) is 0 Å². The molecule has 1 aromatic heterocycles. The van der Waals surface area contributed by atoms with Gasteiger partial charge in [0.25, 0.3) is 5.56 Å². The summed E-state index contributed by atoms with van der Waals surface area (Å²) in [6.45, 7) is 4.09. The molecule has 0 spiro atoms. The van der Waals surface area contributed by atoms with Gasteiger partial charge in [-0.15, -0.1) is 0 Å². The fourth-order valence-electron chi connectivity index (χ4n) is 3.01. The van der Waals surface area contributed by atoms with E-state index in [1.54, 1.807) is 28.8 Å². The van der Waals surface area contributed by atoms with Gasteiger partial charge in [0.05, 0.1) is 18.6 Å². The lowest BCUT2D eigenvalue weighted by molar-refractivity contribution is -0.119. The molecule has 0 saturated carbocycles. The number of aryl methyl sites for hydroxylation is 1. The number of rotatable bonds is 4. The van der Waals surface area contributed by atoms with Crippen LogP contribution in [0.5, 0.6) is 0 Å². The molecule has 1 aromatic carbocycles. The molecule has 0 aliphatic carbocycles. The Kier molecular flexibility index (Phi) is 5.65. The standard InChI is InChI=1S/C19H21N3O4S/c1-4-15-11(2)20-19-22(17(15)24)9-13(10-27-19)16(23)21-14-7-5-12(6-8-14)18(25)26-3/h5-8,13H,4,9-10H2,1-3H3,(H,21,23)/t13-/m1/s1. The molecular formula is C19H21N3O4S. The summed E-state index contributed by atoms with van der Waals surface area (Å²) in [6, 6.07) is 6.49. The molecule has 1 aliphatic rings. The molecule has 2 aromatic rings. The fraction of sp³-hybridized carbons (Fsp3) is 0.368. The molecule has 1 N–H and O–H groups in total. The van der Waals surface area contributed by atoms with Crippen molar-refractivity contribution in [1.82, 2.24) is 9.55 Å². The summed E-state index contributed by atoms with van der Waals surface area (Å²) >= 11 is 1.42. The van der Waals surface area contributed by atoms with Crippen LogP contribution in [-0.4, -0.2) is 34.3 Å². The molecule has 3 rings (SSSR count). The molecule has 0 fully saturated rings. The van der Waals surface area contributed by atoms with E-state index in [4.69, 9.17) is 0 Å². The van der Waals surface area contributed by atoms with Gasteiger partial charge in [-0.1, -0.05) is 18.7 Å². The molecular weight excluding hydrogens is 366 g/mol. The predicted octanol–water partition coefficient (Wildman–Crippen LogP) is 2.26. The number of methoxy groups -OCH3 is 1. The lowest BCUT2D eigenvalue weighted by Gasteiger charge is -2.25. The molecule has 0 bridgehead atoms. The second kappa shape index (κ2) is 7.96. The lowest BCUT2D eigenvalue weighted by Crippen LogP contribution is -2.38. The molecule has 2 heterocycles. The van der Waals surface area contributed by atoms with Crippen LogP contribution in [0.4, 0.5) is 5.69 Å². The van der Waals surface area contributed by atoms with Crippen molar-refractivity contribution in [3.63, 3.8) is 0 Å². The van der Waals surface area contributed by atoms with Crippen molar-refractivity contribution < 1.29 is 14.3 Å². The monoisotopic (exact) mass is 387 g/mol. The van der Waals surface area contributed by atoms with Crippen LogP contribution in [0.2, 0.25) is 0 Å². The summed E-state index contributed by atoms with van der Waals surface area (Å²) in [5.74, 6) is -0.370. The SMILES string of the molecule is CCc1c(C)nc2n(c1=O)C[C@@H](C(=O)Nc1ccc(C(=O)OC)cc1)CS2. The minimum Gasteiger partial charge on any atom is -0.465 e. The number of anilines is 1. The molecule has 1 aliphatic heterocycles. The van der Waals surface area contributed by atoms with Gasteiger partial charge < -0.3 is 10.1 Å². The van der Waals surface area contributed by atoms with Crippen LogP contribution in [0, 0.1) is 12.8 Å². The molecule has 8 heteroatoms. The number of nitrogens with zero attached hydrogens (tertiary/aromatic N) is 2. The van der Waals surface area contributed by atoms with E-state index in [0.29, 0.717) is 40.7 Å². The second-order valence-electron chi connectivity index (χ2n) is 6.29. The highest BCUT2D eigenvalue weighted by Crippen LogP contribution is 2.26. The number of benzene rings is 1. The maximum atomic E-state index is 12.7. The van der Waals surface area contributed by atoms with Crippen molar-refractivity contribution in [1.29, 1.82) is 0 Å². The number of esters is 1. The maximum absolute atomic E-state index is 12.7. The van der Waals surface area contributed by atoms with E-state index >= 15 is 0 Å². The average Bonchev–Trinajstić information content (AvgIpc) is 2.68. The highest BCUT2D eigenvalue weighted by Gasteiger charge is 2.28. The van der Waals surface area contributed by atoms with Crippen molar-refractivity contribution in [3.8, 4) is 0 Å². The number of amides is 1. The van der Waals surface area contributed by atoms with Crippen LogP contribution < -0.4 is 10.9 Å². The zero-order valence-corrected chi connectivity index (χ0v) is 16.3. The Labute approximate surface area is 161 Å². The Hall–Kier alpha value is -2.61. The van der Waals surface area contributed by atoms with E-state index in [2.05, 4.69) is 15.0 Å². The predicted molar refractivity (Wildman–Crippen MR) is 103 cm³/mol. The number of carbonyl (C=O) groups excluding carboxylic acids is 2. The number of aromatic nitrogens is 2. The summed E-state index contributed by atoms with van der Waals surface area (Å²) < 4.78 is 6.26. The first-order valence-electron chi connectivity index (χ1n) is 8.67. The van der Waals surface area contributed by atoms with Gasteiger partial charge >= 0.3 is 5.97 Å². The first-order chi connectivity index (χ1) is 12.9. The summed E-state index contributed by atoms with van der Waals surface area (Å²) in [6.07, 6.45) is 0.617. The molecule has 142 valence electrons. The summed E-state index contributed by atoms with van der Waals surface area (Å²) in [4.78, 5) is 41.3. The number of fused-ring (bicyclic) bond motifs is 1. The van der Waals surface area contributed by atoms with E-state index < -0.39 is 5.97 Å². The molecule has 1 atom stereocenters. The first-order valence-corrected chi connectivity index (χ1v) is 9.65. The third-order valence-electron chi connectivity index (χ3n) is 4.55. The first kappa shape index (κ1) is 19.2. The molecule has 0 unspecified atom stereocenters. The van der Waals surface area contributed by atoms with Gasteiger partial charge in [0.1, 0.15) is 0 Å². The minimum absolute atomic E-state index is 0.0626. The largest absolute Gasteiger partial charge is 0.465 e. The van der Waals surface area contributed by atoms with E-state index in [-0.39, 0.29) is 17.4 Å². The number of hydrogen-bond donors (Lipinski definition) is 1. The Morgan fingerprint density at radius 3 is 2.67 bits per heavy atom. The van der Waals surface area contributed by atoms with Gasteiger partial charge in [-0.2, -0.15) is 0 Å². The third kappa shape index (κ3) is 3.90. The van der Waals surface area contributed by atoms with Crippen molar-refractivity contribution in [2.24, 2.45) is 5.92 Å². The molecule has 0 radical (unpaired) electrons. The summed E-state index contributed by atoms with van der Waals surface area (Å²) in [5.41, 5.74) is 2.39. The smallest absolute Gasteiger partial charge is 0.337 e. The van der Waals surface area contributed by atoms with E-state index in [9.17, 15) is 14.4 Å². The number of hydrogen-bond acceptors (Lipinski definition) is 6. The highest BCUT2D eigenvalue weighted by atomic mass is 32.2. The number of ether oxygens (including phenoxy) is 1. The average molecular weight is 387 g/mol. The minimum atomic E-state index is -0.429. The van der Waals surface area contributed by atoms with Crippen LogP contribution in [0.1, 0.15) is 28.5 Å². The van der Waals surface area contributed by atoms with Gasteiger partial charge in [-0.25, -0.2) is 9.78 Å². The van der Waals surface area contributed by atoms with Crippen LogP contribution >= 0.6 is 11.8 Å². The maximum Gasteiger partial charge on any atom is 0.337 e. The van der Waals surface area contributed by atoms with E-state index in [1.165, 1.54) is 18.9 Å². The molecule has 27 heavy (non-hydrogen) atoms. The van der Waals surface area contributed by atoms with E-state index in [0.717, 1.165) is 5.69 Å². The molecule has 0 saturated heterocycles. The second-order valence-corrected chi connectivity index (χ2v) is 7.28. The topological polar surface area (TPSA) is 90.3 Å². The Morgan fingerprint density at radius 2 is 2.04 bits per heavy atom. The molecule has 1 amide bonds. The summed E-state index contributed by atoms with van der Waals surface area (Å²) in [5, 5.41) is 3.51. The Balaban J connectivity index is 1.74. The molecule has 7 nitrogen and oxygen atoms in total. The summed E-state index contributed by atoms with van der Waals surface area (Å²) in [7, 11) is 1.32. The Morgan fingerprint density at radius 1 is 1.33 bits per heavy atom. The van der Waals surface area contributed by atoms with Gasteiger partial charge in [-0.3, -0.25) is 14.2 Å². The van der Waals surface area contributed by atoms with Crippen molar-refractivity contribution in [2.45, 2.75) is 32.0 Å². The van der Waals surface area contributed by atoms with Gasteiger partial charge in [-0.05, 0) is 37.6 Å². The van der Waals surface area contributed by atoms with Gasteiger partial charge in [0.2, 0.25) is 5.91 Å². The number of thioether (sulfide) groups is 1. The van der Waals surface area contributed by atoms with Crippen molar-refractivity contribution in [3.05, 3.63) is 51.4 Å². The quantitative estimate of drug-likeness (QED) is 0.639. The zero-order valence-electron chi connectivity index (χ0n) is 15.4. The van der Waals surface area contributed by atoms with E-state index in [1.807, 2.05) is 13.8 Å². The third-order valence-corrected chi connectivity index (χ3v) is 5.69. The zero-order chi connectivity index (χ0) is 19.6. The van der Waals surface area contributed by atoms with Crippen LogP contribution in [0.25, 0.3) is 0 Å². The fourth-order valence-corrected chi connectivity index (χ4v) is 4.13. The van der Waals surface area contributed by atoms with Gasteiger partial charge in [0.15, 0.2) is 5.16 Å².